The van der Waals surface area contributed by atoms with Crippen molar-refractivity contribution in [2.24, 2.45) is 0 Å². The molecule has 0 aliphatic carbocycles. The molecule has 2 aromatic rings. The molecule has 1 amide bonds. The van der Waals surface area contributed by atoms with Gasteiger partial charge in [-0.15, -0.1) is 0 Å². The minimum atomic E-state index is -0.957. The predicted molar refractivity (Wildman–Crippen MR) is 78.0 cm³/mol. The van der Waals surface area contributed by atoms with Crippen LogP contribution in [0, 0.1) is 12.7 Å². The van der Waals surface area contributed by atoms with Gasteiger partial charge in [0.25, 0.3) is 0 Å². The molecule has 106 valence electrons. The van der Waals surface area contributed by atoms with Gasteiger partial charge in [-0.2, -0.15) is 0 Å². The molecule has 0 saturated heterocycles. The summed E-state index contributed by atoms with van der Waals surface area (Å²) in [4.78, 5) is 23.0. The van der Waals surface area contributed by atoms with Gasteiger partial charge < -0.3 is 0 Å². The molecule has 0 bridgehead atoms. The van der Waals surface area contributed by atoms with Crippen molar-refractivity contribution in [2.75, 3.05) is 5.32 Å². The summed E-state index contributed by atoms with van der Waals surface area (Å²) in [7, 11) is 0. The van der Waals surface area contributed by atoms with Crippen molar-refractivity contribution in [1.82, 2.24) is 0 Å². The van der Waals surface area contributed by atoms with Crippen LogP contribution in [0.3, 0.4) is 0 Å². The molecule has 1 aliphatic heterocycles. The first kappa shape index (κ1) is 13.8. The molecule has 0 radical (unpaired) electrons. The van der Waals surface area contributed by atoms with Crippen LogP contribution in [0.15, 0.2) is 24.3 Å². The number of carboxylic acid groups (broad SMARTS) is 1. The molecule has 0 atom stereocenters. The van der Waals surface area contributed by atoms with Gasteiger partial charge in [0.1, 0.15) is 0 Å². The van der Waals surface area contributed by atoms with Crippen LogP contribution in [0.4, 0.5) is 10.1 Å². The number of benzene rings is 1. The van der Waals surface area contributed by atoms with Gasteiger partial charge in [0.05, 0.1) is 0 Å². The van der Waals surface area contributed by atoms with Crippen molar-refractivity contribution < 1.29 is 19.1 Å². The number of anilines is 1. The first-order valence-corrected chi connectivity index (χ1v) is 7.83. The third-order valence-corrected chi connectivity index (χ3v) is 5.31. The quantitative estimate of drug-likeness (QED) is 0.646. The second-order valence-corrected chi connectivity index (χ2v) is 7.33. The van der Waals surface area contributed by atoms with E-state index in [0.29, 0.717) is 22.4 Å². The molecule has 1 aromatic carbocycles. The first-order chi connectivity index (χ1) is 9.95. The molecule has 2 heterocycles. The van der Waals surface area contributed by atoms with Gasteiger partial charge in [-0.25, -0.2) is 0 Å². The number of fused-ring (bicyclic) bond motifs is 1. The van der Waals surface area contributed by atoms with Crippen LogP contribution in [0.2, 0.25) is 0 Å². The van der Waals surface area contributed by atoms with E-state index in [2.05, 4.69) is 5.32 Å². The van der Waals surface area contributed by atoms with Gasteiger partial charge in [-0.1, -0.05) is 0 Å². The first-order valence-electron chi connectivity index (χ1n) is 6.12. The Morgan fingerprint density at radius 1 is 1.38 bits per heavy atom. The van der Waals surface area contributed by atoms with E-state index in [9.17, 15) is 14.0 Å². The van der Waals surface area contributed by atoms with Crippen LogP contribution < -0.4 is 5.32 Å². The molecule has 21 heavy (non-hydrogen) atoms. The summed E-state index contributed by atoms with van der Waals surface area (Å²) in [6.45, 7) is 1.78. The van der Waals surface area contributed by atoms with Crippen LogP contribution in [0.25, 0.3) is 11.6 Å². The van der Waals surface area contributed by atoms with Crippen molar-refractivity contribution >= 4 is 43.7 Å². The zero-order valence-corrected chi connectivity index (χ0v) is 12.6. The van der Waals surface area contributed by atoms with E-state index in [0.717, 1.165) is 8.87 Å². The van der Waals surface area contributed by atoms with Crippen LogP contribution in [0.5, 0.6) is 0 Å². The van der Waals surface area contributed by atoms with Gasteiger partial charge in [-0.05, 0) is 0 Å². The Kier molecular flexibility index (Phi) is 3.27. The molecule has 6 heteroatoms. The maximum atomic E-state index is 13.2. The summed E-state index contributed by atoms with van der Waals surface area (Å²) >= 11 is -0.107. The normalized spacial score (nSPS) is 15.1. The van der Waals surface area contributed by atoms with Crippen molar-refractivity contribution in [2.45, 2.75) is 6.92 Å². The van der Waals surface area contributed by atoms with Crippen LogP contribution in [0.1, 0.15) is 24.8 Å². The Balaban J connectivity index is 2.07. The number of aromatic carboxylic acids is 1. The molecule has 3 rings (SSSR count). The Hall–Kier alpha value is -2.17. The standard InChI is InChI=1S/C15H10FNO3Se/c1-7-11(15(19)20)5-9(21-7)6-12-10-3-2-8(16)4-13(10)17-14(12)18/h2-6H,1H3,(H,17,18)(H,19,20)/b12-6-. The SMILES string of the molecule is Cc1[se]c(/C=C2\C(=O)Nc3cc(F)ccc32)cc1C(=O)O. The molecular formula is C15H10FNO3Se. The Bertz CT molecular complexity index is 807. The van der Waals surface area contributed by atoms with E-state index < -0.39 is 11.8 Å². The van der Waals surface area contributed by atoms with E-state index in [1.165, 1.54) is 12.1 Å². The van der Waals surface area contributed by atoms with Crippen LogP contribution in [-0.4, -0.2) is 31.5 Å². The molecular weight excluding hydrogens is 340 g/mol. The summed E-state index contributed by atoms with van der Waals surface area (Å²) in [5, 5.41) is 11.7. The van der Waals surface area contributed by atoms with Crippen LogP contribution in [-0.2, 0) is 4.79 Å². The summed E-state index contributed by atoms with van der Waals surface area (Å²) in [6, 6.07) is 5.72. The third kappa shape index (κ3) is 2.44. The number of nitrogens with one attached hydrogen (secondary N) is 1. The number of aryl methyl sites for hydroxylation is 1. The fraction of sp³-hybridized carbons (Fsp3) is 0.0667. The molecule has 0 unspecified atom stereocenters. The van der Waals surface area contributed by atoms with Gasteiger partial charge in [0.15, 0.2) is 0 Å². The Morgan fingerprint density at radius 2 is 2.14 bits per heavy atom. The van der Waals surface area contributed by atoms with Gasteiger partial charge >= 0.3 is 125 Å². The van der Waals surface area contributed by atoms with Crippen molar-refractivity contribution in [3.05, 3.63) is 50.1 Å². The topological polar surface area (TPSA) is 66.4 Å². The van der Waals surface area contributed by atoms with Crippen molar-refractivity contribution in [3.63, 3.8) is 0 Å². The predicted octanol–water partition coefficient (Wildman–Crippen LogP) is 2.38. The van der Waals surface area contributed by atoms with Gasteiger partial charge in [0.2, 0.25) is 0 Å². The summed E-state index contributed by atoms with van der Waals surface area (Å²) < 4.78 is 14.8. The fourth-order valence-corrected chi connectivity index (χ4v) is 4.26. The average Bonchev–Trinajstić information content (AvgIpc) is 2.91. The molecule has 0 fully saturated rings. The number of halogens is 1. The number of rotatable bonds is 2. The number of amides is 1. The number of hydrogen-bond donors (Lipinski definition) is 2. The van der Waals surface area contributed by atoms with E-state index in [4.69, 9.17) is 5.11 Å². The number of carbonyl (C=O) groups is 2. The van der Waals surface area contributed by atoms with Crippen LogP contribution >= 0.6 is 0 Å². The van der Waals surface area contributed by atoms with Gasteiger partial charge in [-0.3, -0.25) is 0 Å². The summed E-state index contributed by atoms with van der Waals surface area (Å²) in [5.74, 6) is -1.67. The molecule has 2 N–H and O–H groups in total. The molecule has 1 aromatic heterocycles. The van der Waals surface area contributed by atoms with Gasteiger partial charge in [0, 0.05) is 0 Å². The maximum absolute atomic E-state index is 13.2. The average molecular weight is 350 g/mol. The summed E-state index contributed by atoms with van der Waals surface area (Å²) in [6.07, 6.45) is 1.69. The monoisotopic (exact) mass is 351 g/mol. The molecule has 1 aliphatic rings. The van der Waals surface area contributed by atoms with Crippen molar-refractivity contribution in [3.8, 4) is 0 Å². The Labute approximate surface area is 125 Å². The molecule has 4 nitrogen and oxygen atoms in total. The number of hydrogen-bond acceptors (Lipinski definition) is 2. The second-order valence-electron chi connectivity index (χ2n) is 4.63. The zero-order chi connectivity index (χ0) is 15.1. The minimum absolute atomic E-state index is 0.107. The fourth-order valence-electron chi connectivity index (χ4n) is 2.24. The Morgan fingerprint density at radius 3 is 2.81 bits per heavy atom. The molecule has 0 saturated carbocycles. The van der Waals surface area contributed by atoms with E-state index in [-0.39, 0.29) is 20.4 Å². The number of carboxylic acids is 1. The van der Waals surface area contributed by atoms with E-state index in [1.54, 1.807) is 25.1 Å². The molecule has 0 spiro atoms. The summed E-state index contributed by atoms with van der Waals surface area (Å²) in [5.41, 5.74) is 1.82. The number of carbonyl (C=O) groups excluding carboxylic acids is 1. The third-order valence-electron chi connectivity index (χ3n) is 3.22. The van der Waals surface area contributed by atoms with E-state index in [1.807, 2.05) is 0 Å². The zero-order valence-electron chi connectivity index (χ0n) is 10.9. The van der Waals surface area contributed by atoms with Crippen molar-refractivity contribution in [1.29, 1.82) is 0 Å². The van der Waals surface area contributed by atoms with E-state index >= 15 is 0 Å². The second kappa shape index (κ2) is 4.98.